The highest BCUT2D eigenvalue weighted by molar-refractivity contribution is 6.16. The van der Waals surface area contributed by atoms with Gasteiger partial charge >= 0.3 is 0 Å². The average molecular weight is 713 g/mol. The molecule has 0 aliphatic rings. The first kappa shape index (κ1) is 32.0. The molecule has 11 rings (SSSR count). The van der Waals surface area contributed by atoms with E-state index in [9.17, 15) is 0 Å². The maximum absolute atomic E-state index is 2.42. The largest absolute Gasteiger partial charge is 0.310 e. The molecule has 10 aromatic carbocycles. The topological polar surface area (TPSA) is 8.17 Å². The number of fused-ring (bicyclic) bond motifs is 7. The van der Waals surface area contributed by atoms with Crippen molar-refractivity contribution in [3.63, 3.8) is 0 Å². The van der Waals surface area contributed by atoms with Crippen LogP contribution in [-0.4, -0.2) is 4.57 Å². The van der Waals surface area contributed by atoms with Crippen LogP contribution in [0.3, 0.4) is 0 Å². The molecule has 0 saturated carbocycles. The molecular formula is C54H36N2. The van der Waals surface area contributed by atoms with Gasteiger partial charge < -0.3 is 9.47 Å². The SMILES string of the molecule is c1ccc(-n2c3ccccc3c3c(-c4cccc(N(c5ccc(-c6cc7ccccc7c7ccccc67)cc5)c5cccc6ccccc56)c4)cccc32)cc1. The number of para-hydroxylation sites is 2. The molecule has 0 aliphatic heterocycles. The minimum absolute atomic E-state index is 1.10. The van der Waals surface area contributed by atoms with Crippen LogP contribution >= 0.6 is 0 Å². The Balaban J connectivity index is 1.09. The highest BCUT2D eigenvalue weighted by Crippen LogP contribution is 2.44. The summed E-state index contributed by atoms with van der Waals surface area (Å²) in [6.45, 7) is 0. The summed E-state index contributed by atoms with van der Waals surface area (Å²) in [5.74, 6) is 0. The van der Waals surface area contributed by atoms with Crippen molar-refractivity contribution in [3.05, 3.63) is 218 Å². The van der Waals surface area contributed by atoms with Crippen LogP contribution in [0.4, 0.5) is 17.1 Å². The summed E-state index contributed by atoms with van der Waals surface area (Å²) < 4.78 is 2.39. The summed E-state index contributed by atoms with van der Waals surface area (Å²) in [6.07, 6.45) is 0. The molecule has 0 unspecified atom stereocenters. The fourth-order valence-electron chi connectivity index (χ4n) is 8.84. The van der Waals surface area contributed by atoms with Gasteiger partial charge in [-0.3, -0.25) is 0 Å². The lowest BCUT2D eigenvalue weighted by Gasteiger charge is -2.27. The van der Waals surface area contributed by atoms with E-state index in [1.165, 1.54) is 76.4 Å². The second kappa shape index (κ2) is 13.2. The molecule has 1 aromatic heterocycles. The molecule has 56 heavy (non-hydrogen) atoms. The van der Waals surface area contributed by atoms with Crippen molar-refractivity contribution in [2.75, 3.05) is 4.90 Å². The van der Waals surface area contributed by atoms with Crippen molar-refractivity contribution >= 4 is 71.2 Å². The average Bonchev–Trinajstić information content (AvgIpc) is 3.62. The maximum atomic E-state index is 2.42. The first-order valence-electron chi connectivity index (χ1n) is 19.3. The van der Waals surface area contributed by atoms with Gasteiger partial charge in [0.05, 0.1) is 16.7 Å². The molecule has 0 spiro atoms. The van der Waals surface area contributed by atoms with E-state index < -0.39 is 0 Å². The van der Waals surface area contributed by atoms with Crippen molar-refractivity contribution in [2.24, 2.45) is 0 Å². The summed E-state index contributed by atoms with van der Waals surface area (Å²) in [7, 11) is 0. The first-order chi connectivity index (χ1) is 27.8. The summed E-state index contributed by atoms with van der Waals surface area (Å²) in [4.78, 5) is 2.42. The number of hydrogen-bond donors (Lipinski definition) is 0. The molecule has 0 N–H and O–H groups in total. The van der Waals surface area contributed by atoms with Crippen molar-refractivity contribution in [1.29, 1.82) is 0 Å². The Labute approximate surface area is 325 Å². The van der Waals surface area contributed by atoms with E-state index in [-0.39, 0.29) is 0 Å². The number of nitrogens with zero attached hydrogens (tertiary/aromatic N) is 2. The lowest BCUT2D eigenvalue weighted by molar-refractivity contribution is 1.18. The molecule has 0 saturated heterocycles. The lowest BCUT2D eigenvalue weighted by atomic mass is 9.93. The Morgan fingerprint density at radius 1 is 0.321 bits per heavy atom. The summed E-state index contributed by atoms with van der Waals surface area (Å²) in [5, 5.41) is 10.00. The normalized spacial score (nSPS) is 11.6. The zero-order chi connectivity index (χ0) is 37.0. The fourth-order valence-corrected chi connectivity index (χ4v) is 8.84. The maximum Gasteiger partial charge on any atom is 0.0547 e. The summed E-state index contributed by atoms with van der Waals surface area (Å²) in [5.41, 5.74) is 11.7. The zero-order valence-electron chi connectivity index (χ0n) is 30.7. The molecule has 0 amide bonds. The smallest absolute Gasteiger partial charge is 0.0547 e. The third kappa shape index (κ3) is 5.19. The Morgan fingerprint density at radius 2 is 0.946 bits per heavy atom. The standard InChI is InChI=1S/C54H36N2/c1-2-19-41(20-3-1)56-52-28-11-10-26-49(52)54-46(27-14-30-53(54)56)39-18-12-21-43(35-39)55(51-29-13-17-37-15-4-7-23-45(37)51)42-33-31-38(32-34-42)50-36-40-16-5-6-22-44(40)47-24-8-9-25-48(47)50/h1-36H. The molecule has 0 fully saturated rings. The van der Waals surface area contributed by atoms with E-state index in [2.05, 4.69) is 228 Å². The molecule has 0 radical (unpaired) electrons. The van der Waals surface area contributed by atoms with E-state index in [1.807, 2.05) is 0 Å². The molecule has 0 atom stereocenters. The van der Waals surface area contributed by atoms with Crippen molar-refractivity contribution in [2.45, 2.75) is 0 Å². The molecule has 0 aliphatic carbocycles. The molecular weight excluding hydrogens is 677 g/mol. The second-order valence-corrected chi connectivity index (χ2v) is 14.5. The summed E-state index contributed by atoms with van der Waals surface area (Å²) in [6, 6.07) is 79.5. The minimum Gasteiger partial charge on any atom is -0.310 e. The lowest BCUT2D eigenvalue weighted by Crippen LogP contribution is -2.10. The molecule has 262 valence electrons. The highest BCUT2D eigenvalue weighted by atomic mass is 15.1. The predicted molar refractivity (Wildman–Crippen MR) is 239 cm³/mol. The molecule has 1 heterocycles. The number of hydrogen-bond acceptors (Lipinski definition) is 1. The van der Waals surface area contributed by atoms with Gasteiger partial charge in [-0.1, -0.05) is 158 Å². The van der Waals surface area contributed by atoms with Crippen LogP contribution in [0.1, 0.15) is 0 Å². The Morgan fingerprint density at radius 3 is 1.79 bits per heavy atom. The quantitative estimate of drug-likeness (QED) is 0.156. The van der Waals surface area contributed by atoms with E-state index >= 15 is 0 Å². The van der Waals surface area contributed by atoms with E-state index in [0.717, 1.165) is 22.7 Å². The number of aromatic nitrogens is 1. The van der Waals surface area contributed by atoms with Gasteiger partial charge in [-0.25, -0.2) is 0 Å². The molecule has 2 heteroatoms. The van der Waals surface area contributed by atoms with Gasteiger partial charge in [0, 0.05) is 33.2 Å². The van der Waals surface area contributed by atoms with Crippen LogP contribution in [0.15, 0.2) is 218 Å². The monoisotopic (exact) mass is 712 g/mol. The fraction of sp³-hybridized carbons (Fsp3) is 0. The van der Waals surface area contributed by atoms with Crippen LogP contribution in [0.5, 0.6) is 0 Å². The first-order valence-corrected chi connectivity index (χ1v) is 19.3. The van der Waals surface area contributed by atoms with Gasteiger partial charge in [0.1, 0.15) is 0 Å². The Hall–Kier alpha value is -7.42. The van der Waals surface area contributed by atoms with Crippen LogP contribution in [0.2, 0.25) is 0 Å². The molecule has 0 bridgehead atoms. The number of anilines is 3. The minimum atomic E-state index is 1.10. The third-order valence-electron chi connectivity index (χ3n) is 11.3. The van der Waals surface area contributed by atoms with Crippen molar-refractivity contribution in [3.8, 4) is 27.9 Å². The number of rotatable bonds is 6. The van der Waals surface area contributed by atoms with Gasteiger partial charge in [-0.05, 0) is 110 Å². The van der Waals surface area contributed by atoms with Crippen LogP contribution < -0.4 is 4.90 Å². The van der Waals surface area contributed by atoms with Gasteiger partial charge in [0.25, 0.3) is 0 Å². The van der Waals surface area contributed by atoms with E-state index in [0.29, 0.717) is 0 Å². The zero-order valence-corrected chi connectivity index (χ0v) is 30.7. The Kier molecular flexibility index (Phi) is 7.53. The molecule has 11 aromatic rings. The highest BCUT2D eigenvalue weighted by Gasteiger charge is 2.19. The van der Waals surface area contributed by atoms with Gasteiger partial charge in [-0.15, -0.1) is 0 Å². The van der Waals surface area contributed by atoms with Gasteiger partial charge in [-0.2, -0.15) is 0 Å². The van der Waals surface area contributed by atoms with Gasteiger partial charge in [0.15, 0.2) is 0 Å². The predicted octanol–water partition coefficient (Wildman–Crippen LogP) is 15.0. The van der Waals surface area contributed by atoms with E-state index in [1.54, 1.807) is 0 Å². The van der Waals surface area contributed by atoms with Crippen LogP contribution in [0, 0.1) is 0 Å². The van der Waals surface area contributed by atoms with Crippen molar-refractivity contribution in [1.82, 2.24) is 4.57 Å². The van der Waals surface area contributed by atoms with E-state index in [4.69, 9.17) is 0 Å². The third-order valence-corrected chi connectivity index (χ3v) is 11.3. The molecule has 2 nitrogen and oxygen atoms in total. The van der Waals surface area contributed by atoms with Crippen molar-refractivity contribution < 1.29 is 0 Å². The summed E-state index contributed by atoms with van der Waals surface area (Å²) >= 11 is 0. The Bertz CT molecular complexity index is 3240. The van der Waals surface area contributed by atoms with Crippen LogP contribution in [-0.2, 0) is 0 Å². The second-order valence-electron chi connectivity index (χ2n) is 14.5. The van der Waals surface area contributed by atoms with Crippen LogP contribution in [0.25, 0.3) is 82.1 Å². The number of benzene rings is 10. The van der Waals surface area contributed by atoms with Gasteiger partial charge in [0.2, 0.25) is 0 Å².